The lowest BCUT2D eigenvalue weighted by molar-refractivity contribution is 0.411. The van der Waals surface area contributed by atoms with Crippen molar-refractivity contribution in [2.75, 3.05) is 7.11 Å². The van der Waals surface area contributed by atoms with Gasteiger partial charge >= 0.3 is 0 Å². The monoisotopic (exact) mass is 215 g/mol. The first-order valence-electron chi connectivity index (χ1n) is 3.74. The molecule has 0 saturated carbocycles. The molecule has 2 nitrogen and oxygen atoms in total. The number of hydrogen-bond donors (Lipinski definition) is 1. The molecule has 0 aromatic heterocycles. The van der Waals surface area contributed by atoms with E-state index in [1.807, 2.05) is 0 Å². The van der Waals surface area contributed by atoms with Gasteiger partial charge in [0.2, 0.25) is 0 Å². The van der Waals surface area contributed by atoms with E-state index in [1.165, 1.54) is 0 Å². The molecule has 2 N–H and O–H groups in total. The van der Waals surface area contributed by atoms with Gasteiger partial charge in [-0.15, -0.1) is 0 Å². The minimum atomic E-state index is 0.431. The van der Waals surface area contributed by atoms with Crippen molar-refractivity contribution in [3.8, 4) is 5.75 Å². The van der Waals surface area contributed by atoms with Crippen LogP contribution in [0.4, 0.5) is 0 Å². The van der Waals surface area contributed by atoms with Gasteiger partial charge in [-0.05, 0) is 18.2 Å². The average molecular weight is 216 g/mol. The molecule has 0 saturated heterocycles. The van der Waals surface area contributed by atoms with Gasteiger partial charge in [-0.1, -0.05) is 23.8 Å². The highest BCUT2D eigenvalue weighted by Crippen LogP contribution is 2.22. The summed E-state index contributed by atoms with van der Waals surface area (Å²) in [5.41, 5.74) is 6.35. The van der Waals surface area contributed by atoms with E-state index in [1.54, 1.807) is 25.3 Å². The molecule has 0 aliphatic rings. The lowest BCUT2D eigenvalue weighted by atomic mass is 10.1. The van der Waals surface area contributed by atoms with E-state index < -0.39 is 0 Å². The Bertz CT molecular complexity index is 327. The Morgan fingerprint density at radius 1 is 1.62 bits per heavy atom. The normalized spacial score (nSPS) is 9.69. The zero-order chi connectivity index (χ0) is 9.84. The van der Waals surface area contributed by atoms with Crippen molar-refractivity contribution in [1.82, 2.24) is 0 Å². The van der Waals surface area contributed by atoms with E-state index >= 15 is 0 Å². The van der Waals surface area contributed by atoms with Crippen LogP contribution < -0.4 is 10.5 Å². The quantitative estimate of drug-likeness (QED) is 0.786. The summed E-state index contributed by atoms with van der Waals surface area (Å²) < 4.78 is 5.13. The Labute approximate surface area is 87.6 Å². The van der Waals surface area contributed by atoms with Gasteiger partial charge in [0, 0.05) is 17.0 Å². The number of benzene rings is 1. The second-order valence-corrected chi connectivity index (χ2v) is 3.56. The summed E-state index contributed by atoms with van der Waals surface area (Å²) >= 11 is 10.6. The summed E-state index contributed by atoms with van der Waals surface area (Å²) in [6, 6.07) is 5.37. The van der Waals surface area contributed by atoms with Crippen LogP contribution in [0.2, 0.25) is 5.02 Å². The van der Waals surface area contributed by atoms with E-state index in [2.05, 4.69) is 0 Å². The van der Waals surface area contributed by atoms with Crippen LogP contribution in [0.15, 0.2) is 18.2 Å². The van der Waals surface area contributed by atoms with Gasteiger partial charge in [0.25, 0.3) is 0 Å². The first kappa shape index (κ1) is 10.3. The molecule has 1 rings (SSSR count). The molecule has 0 bridgehead atoms. The fraction of sp³-hybridized carbons (Fsp3) is 0.222. The number of thiocarbonyl (C=S) groups is 1. The number of halogens is 1. The minimum Gasteiger partial charge on any atom is -0.496 e. The smallest absolute Gasteiger partial charge is 0.122 e. The van der Waals surface area contributed by atoms with Gasteiger partial charge in [0.05, 0.1) is 12.1 Å². The topological polar surface area (TPSA) is 35.2 Å². The lowest BCUT2D eigenvalue weighted by Crippen LogP contribution is -2.11. The summed E-state index contributed by atoms with van der Waals surface area (Å²) in [5.74, 6) is 0.761. The van der Waals surface area contributed by atoms with Crippen molar-refractivity contribution in [2.24, 2.45) is 5.73 Å². The van der Waals surface area contributed by atoms with Gasteiger partial charge in [-0.2, -0.15) is 0 Å². The Morgan fingerprint density at radius 3 is 2.85 bits per heavy atom. The Kier molecular flexibility index (Phi) is 3.51. The van der Waals surface area contributed by atoms with E-state index in [4.69, 9.17) is 34.3 Å². The van der Waals surface area contributed by atoms with Crippen LogP contribution in [0.5, 0.6) is 5.75 Å². The Balaban J connectivity index is 3.01. The first-order chi connectivity index (χ1) is 6.13. The van der Waals surface area contributed by atoms with Crippen molar-refractivity contribution in [2.45, 2.75) is 6.42 Å². The number of methoxy groups -OCH3 is 1. The zero-order valence-corrected chi connectivity index (χ0v) is 8.78. The standard InChI is InChI=1S/C9H10ClNOS/c1-12-8-3-2-7(10)4-6(8)5-9(11)13/h2-4H,5H2,1H3,(H2,11,13). The molecule has 0 fully saturated rings. The molecule has 0 amide bonds. The third kappa shape index (κ3) is 2.86. The number of ether oxygens (including phenoxy) is 1. The fourth-order valence-electron chi connectivity index (χ4n) is 1.07. The summed E-state index contributed by atoms with van der Waals surface area (Å²) in [6.07, 6.45) is 0.513. The largest absolute Gasteiger partial charge is 0.496 e. The molecule has 0 radical (unpaired) electrons. The Hall–Kier alpha value is -0.800. The number of hydrogen-bond acceptors (Lipinski definition) is 2. The maximum atomic E-state index is 5.82. The summed E-state index contributed by atoms with van der Waals surface area (Å²) in [7, 11) is 1.60. The van der Waals surface area contributed by atoms with Gasteiger partial charge in [0.15, 0.2) is 0 Å². The highest BCUT2D eigenvalue weighted by Gasteiger charge is 2.04. The van der Waals surface area contributed by atoms with Crippen LogP contribution in [0.25, 0.3) is 0 Å². The van der Waals surface area contributed by atoms with E-state index in [9.17, 15) is 0 Å². The second-order valence-electron chi connectivity index (χ2n) is 2.60. The molecule has 1 aromatic carbocycles. The number of nitrogens with two attached hydrogens (primary N) is 1. The third-order valence-electron chi connectivity index (χ3n) is 1.61. The summed E-state index contributed by atoms with van der Waals surface area (Å²) in [5, 5.41) is 0.659. The molecular weight excluding hydrogens is 206 g/mol. The molecule has 0 aliphatic carbocycles. The molecule has 4 heteroatoms. The van der Waals surface area contributed by atoms with Gasteiger partial charge in [-0.3, -0.25) is 0 Å². The maximum absolute atomic E-state index is 5.82. The molecule has 1 aromatic rings. The van der Waals surface area contributed by atoms with Crippen molar-refractivity contribution in [1.29, 1.82) is 0 Å². The second kappa shape index (κ2) is 4.44. The lowest BCUT2D eigenvalue weighted by Gasteiger charge is -2.07. The van der Waals surface area contributed by atoms with Crippen molar-refractivity contribution >= 4 is 28.8 Å². The van der Waals surface area contributed by atoms with Crippen LogP contribution in [0.1, 0.15) is 5.56 Å². The van der Waals surface area contributed by atoms with Crippen LogP contribution in [0.3, 0.4) is 0 Å². The van der Waals surface area contributed by atoms with Crippen LogP contribution >= 0.6 is 23.8 Å². The van der Waals surface area contributed by atoms with Crippen molar-refractivity contribution < 1.29 is 4.74 Å². The van der Waals surface area contributed by atoms with Gasteiger partial charge < -0.3 is 10.5 Å². The molecule has 0 aliphatic heterocycles. The van der Waals surface area contributed by atoms with Crippen molar-refractivity contribution in [3.63, 3.8) is 0 Å². The summed E-state index contributed by atoms with van der Waals surface area (Å²) in [6.45, 7) is 0. The number of rotatable bonds is 3. The highest BCUT2D eigenvalue weighted by molar-refractivity contribution is 7.80. The molecule has 0 atom stereocenters. The molecule has 13 heavy (non-hydrogen) atoms. The fourth-order valence-corrected chi connectivity index (χ4v) is 1.42. The SMILES string of the molecule is COc1ccc(Cl)cc1CC(N)=S. The van der Waals surface area contributed by atoms with E-state index in [0.717, 1.165) is 11.3 Å². The van der Waals surface area contributed by atoms with Gasteiger partial charge in [-0.25, -0.2) is 0 Å². The van der Waals surface area contributed by atoms with E-state index in [0.29, 0.717) is 16.4 Å². The zero-order valence-electron chi connectivity index (χ0n) is 7.21. The predicted molar refractivity (Wildman–Crippen MR) is 58.5 cm³/mol. The Morgan fingerprint density at radius 2 is 2.31 bits per heavy atom. The van der Waals surface area contributed by atoms with Gasteiger partial charge in [0.1, 0.15) is 5.75 Å². The summed E-state index contributed by atoms with van der Waals surface area (Å²) in [4.78, 5) is 0.431. The predicted octanol–water partition coefficient (Wildman–Crippen LogP) is 2.18. The molecule has 0 spiro atoms. The first-order valence-corrected chi connectivity index (χ1v) is 4.53. The molecular formula is C9H10ClNOS. The molecule has 70 valence electrons. The van der Waals surface area contributed by atoms with Crippen LogP contribution in [-0.4, -0.2) is 12.1 Å². The molecule has 0 heterocycles. The molecule has 0 unspecified atom stereocenters. The van der Waals surface area contributed by atoms with Crippen molar-refractivity contribution in [3.05, 3.63) is 28.8 Å². The highest BCUT2D eigenvalue weighted by atomic mass is 35.5. The third-order valence-corrected chi connectivity index (χ3v) is 1.99. The minimum absolute atomic E-state index is 0.431. The van der Waals surface area contributed by atoms with E-state index in [-0.39, 0.29) is 0 Å². The maximum Gasteiger partial charge on any atom is 0.122 e. The van der Waals surface area contributed by atoms with Crippen LogP contribution in [0, 0.1) is 0 Å². The van der Waals surface area contributed by atoms with Crippen LogP contribution in [-0.2, 0) is 6.42 Å². The average Bonchev–Trinajstić information content (AvgIpc) is 2.03.